The minimum absolute atomic E-state index is 0.157. The second-order valence-electron chi connectivity index (χ2n) is 6.13. The number of esters is 1. The number of benzene rings is 3. The van der Waals surface area contributed by atoms with Gasteiger partial charge in [0.05, 0.1) is 10.5 Å². The molecule has 1 aliphatic rings. The van der Waals surface area contributed by atoms with Crippen molar-refractivity contribution in [3.63, 3.8) is 0 Å². The van der Waals surface area contributed by atoms with E-state index in [9.17, 15) is 25.1 Å². The van der Waals surface area contributed by atoms with Crippen LogP contribution in [0.25, 0.3) is 0 Å². The fraction of sp³-hybridized carbons (Fsp3) is 0.0500. The topological polar surface area (TPSA) is 110 Å². The summed E-state index contributed by atoms with van der Waals surface area (Å²) < 4.78 is 5.77. The molecule has 0 aliphatic carbocycles. The number of fused-ring (bicyclic) bond motifs is 1. The second-order valence-corrected chi connectivity index (χ2v) is 6.13. The minimum atomic E-state index is -1.48. The van der Waals surface area contributed by atoms with E-state index in [1.165, 1.54) is 36.4 Å². The number of carbonyl (C=O) groups excluding carboxylic acids is 1. The number of hydrogen-bond acceptors (Lipinski definition) is 6. The Kier molecular flexibility index (Phi) is 3.59. The highest BCUT2D eigenvalue weighted by molar-refractivity contribution is 5.96. The van der Waals surface area contributed by atoms with Crippen molar-refractivity contribution in [3.05, 3.63) is 99.1 Å². The van der Waals surface area contributed by atoms with E-state index >= 15 is 0 Å². The number of nitro groups is 1. The summed E-state index contributed by atoms with van der Waals surface area (Å²) in [6.07, 6.45) is 0. The molecule has 1 atom stereocenters. The Morgan fingerprint density at radius 2 is 1.63 bits per heavy atom. The summed E-state index contributed by atoms with van der Waals surface area (Å²) in [7, 11) is 0. The van der Waals surface area contributed by atoms with Gasteiger partial charge in [-0.25, -0.2) is 4.79 Å². The van der Waals surface area contributed by atoms with Gasteiger partial charge in [0.2, 0.25) is 0 Å². The zero-order chi connectivity index (χ0) is 19.2. The molecule has 1 unspecified atom stereocenters. The van der Waals surface area contributed by atoms with Crippen LogP contribution in [0.3, 0.4) is 0 Å². The van der Waals surface area contributed by atoms with Gasteiger partial charge in [-0.1, -0.05) is 36.4 Å². The highest BCUT2D eigenvalue weighted by atomic mass is 16.6. The Bertz CT molecular complexity index is 1090. The van der Waals surface area contributed by atoms with Crippen LogP contribution in [0, 0.1) is 10.1 Å². The number of phenols is 2. The summed E-state index contributed by atoms with van der Waals surface area (Å²) in [5.41, 5.74) is -0.0885. The molecule has 27 heavy (non-hydrogen) atoms. The van der Waals surface area contributed by atoms with Crippen LogP contribution in [-0.4, -0.2) is 21.1 Å². The van der Waals surface area contributed by atoms with Crippen LogP contribution < -0.4 is 0 Å². The van der Waals surface area contributed by atoms with E-state index in [2.05, 4.69) is 0 Å². The fourth-order valence-electron chi connectivity index (χ4n) is 3.39. The van der Waals surface area contributed by atoms with Crippen molar-refractivity contribution in [2.45, 2.75) is 5.60 Å². The Hall–Kier alpha value is -3.87. The molecule has 0 radical (unpaired) electrons. The monoisotopic (exact) mass is 363 g/mol. The summed E-state index contributed by atoms with van der Waals surface area (Å²) in [6.45, 7) is 0. The van der Waals surface area contributed by atoms with Gasteiger partial charge in [-0.2, -0.15) is 0 Å². The molecule has 0 amide bonds. The first kappa shape index (κ1) is 16.6. The first-order valence-electron chi connectivity index (χ1n) is 8.04. The number of hydrogen-bond donors (Lipinski definition) is 2. The Morgan fingerprint density at radius 3 is 2.37 bits per heavy atom. The molecule has 0 bridgehead atoms. The molecule has 7 heteroatoms. The maximum Gasteiger partial charge on any atom is 0.340 e. The summed E-state index contributed by atoms with van der Waals surface area (Å²) in [4.78, 5) is 23.2. The fourth-order valence-corrected chi connectivity index (χ4v) is 3.39. The summed E-state index contributed by atoms with van der Waals surface area (Å²) >= 11 is 0. The molecule has 1 heterocycles. The summed E-state index contributed by atoms with van der Waals surface area (Å²) in [5.74, 6) is -1.30. The van der Waals surface area contributed by atoms with Gasteiger partial charge in [0, 0.05) is 28.8 Å². The van der Waals surface area contributed by atoms with Gasteiger partial charge in [0.1, 0.15) is 0 Å². The van der Waals surface area contributed by atoms with Gasteiger partial charge in [-0.15, -0.1) is 0 Å². The van der Waals surface area contributed by atoms with Crippen molar-refractivity contribution in [2.24, 2.45) is 0 Å². The highest BCUT2D eigenvalue weighted by Gasteiger charge is 2.49. The predicted octanol–water partition coefficient (Wildman–Crippen LogP) is 3.47. The number of nitro benzene ring substituents is 1. The molecule has 0 aromatic heterocycles. The van der Waals surface area contributed by atoms with Crippen LogP contribution in [0.15, 0.2) is 66.7 Å². The standard InChI is InChI=1S/C20H13NO6/c22-17-9-8-13(11-18(17)23)20(12-4-3-5-14(10-12)21(25)26)16-7-2-1-6-15(16)19(24)27-20/h1-11,22-23H. The third-order valence-electron chi connectivity index (χ3n) is 4.62. The van der Waals surface area contributed by atoms with Crippen molar-refractivity contribution in [1.82, 2.24) is 0 Å². The maximum atomic E-state index is 12.5. The van der Waals surface area contributed by atoms with E-state index < -0.39 is 22.2 Å². The van der Waals surface area contributed by atoms with E-state index in [0.29, 0.717) is 22.3 Å². The second kappa shape index (κ2) is 5.84. The minimum Gasteiger partial charge on any atom is -0.504 e. The maximum absolute atomic E-state index is 12.5. The summed E-state index contributed by atoms with van der Waals surface area (Å²) in [6, 6.07) is 16.6. The smallest absolute Gasteiger partial charge is 0.340 e. The number of ether oxygens (including phenoxy) is 1. The quantitative estimate of drug-likeness (QED) is 0.319. The van der Waals surface area contributed by atoms with Crippen LogP contribution in [0.2, 0.25) is 0 Å². The Balaban J connectivity index is 2.06. The number of carbonyl (C=O) groups is 1. The average Bonchev–Trinajstić information content (AvgIpc) is 2.98. The molecule has 3 aromatic rings. The van der Waals surface area contributed by atoms with E-state index in [0.717, 1.165) is 0 Å². The van der Waals surface area contributed by atoms with Crippen LogP contribution in [0.1, 0.15) is 27.0 Å². The van der Waals surface area contributed by atoms with E-state index in [1.807, 2.05) is 0 Å². The van der Waals surface area contributed by atoms with Gasteiger partial charge in [0.25, 0.3) is 5.69 Å². The SMILES string of the molecule is O=C1OC(c2cccc([N+](=O)[O-])c2)(c2ccc(O)c(O)c2)c2ccccc21. The lowest BCUT2D eigenvalue weighted by molar-refractivity contribution is -0.385. The number of cyclic esters (lactones) is 1. The van der Waals surface area contributed by atoms with Gasteiger partial charge in [0.15, 0.2) is 17.1 Å². The van der Waals surface area contributed by atoms with E-state index in [4.69, 9.17) is 4.74 Å². The predicted molar refractivity (Wildman–Crippen MR) is 94.6 cm³/mol. The molecule has 0 saturated carbocycles. The Labute approximate surface area is 153 Å². The molecule has 0 spiro atoms. The molecule has 7 nitrogen and oxygen atoms in total. The largest absolute Gasteiger partial charge is 0.504 e. The van der Waals surface area contributed by atoms with Gasteiger partial charge in [-0.05, 0) is 18.2 Å². The number of phenolic OH excluding ortho intramolecular Hbond substituents is 2. The first-order valence-corrected chi connectivity index (χ1v) is 8.04. The zero-order valence-electron chi connectivity index (χ0n) is 13.8. The van der Waals surface area contributed by atoms with Crippen LogP contribution >= 0.6 is 0 Å². The molecular formula is C20H13NO6. The number of non-ortho nitro benzene ring substituents is 1. The molecule has 1 aliphatic heterocycles. The highest BCUT2D eigenvalue weighted by Crippen LogP contribution is 2.48. The number of nitrogens with zero attached hydrogens (tertiary/aromatic N) is 1. The van der Waals surface area contributed by atoms with Crippen molar-refractivity contribution >= 4 is 11.7 Å². The third kappa shape index (κ3) is 2.40. The van der Waals surface area contributed by atoms with Crippen LogP contribution in [0.4, 0.5) is 5.69 Å². The van der Waals surface area contributed by atoms with Crippen molar-refractivity contribution < 1.29 is 24.7 Å². The molecule has 4 rings (SSSR count). The normalized spacial score (nSPS) is 18.0. The number of rotatable bonds is 3. The van der Waals surface area contributed by atoms with Crippen LogP contribution in [-0.2, 0) is 10.3 Å². The van der Waals surface area contributed by atoms with Crippen molar-refractivity contribution in [3.8, 4) is 11.5 Å². The molecule has 134 valence electrons. The molecule has 0 saturated heterocycles. The van der Waals surface area contributed by atoms with E-state index in [1.54, 1.807) is 30.3 Å². The average molecular weight is 363 g/mol. The molecule has 2 N–H and O–H groups in total. The van der Waals surface area contributed by atoms with Crippen LogP contribution in [0.5, 0.6) is 11.5 Å². The molecular weight excluding hydrogens is 350 g/mol. The van der Waals surface area contributed by atoms with Crippen molar-refractivity contribution in [2.75, 3.05) is 0 Å². The third-order valence-corrected chi connectivity index (χ3v) is 4.62. The van der Waals surface area contributed by atoms with Crippen molar-refractivity contribution in [1.29, 1.82) is 0 Å². The summed E-state index contributed by atoms with van der Waals surface area (Å²) in [5, 5.41) is 30.9. The Morgan fingerprint density at radius 1 is 0.889 bits per heavy atom. The van der Waals surface area contributed by atoms with Gasteiger partial charge >= 0.3 is 5.97 Å². The molecule has 3 aromatic carbocycles. The lowest BCUT2D eigenvalue weighted by Crippen LogP contribution is -2.29. The lowest BCUT2D eigenvalue weighted by Gasteiger charge is -2.30. The van der Waals surface area contributed by atoms with Gasteiger partial charge < -0.3 is 14.9 Å². The lowest BCUT2D eigenvalue weighted by atomic mass is 9.79. The molecule has 0 fully saturated rings. The first-order chi connectivity index (χ1) is 12.9. The zero-order valence-corrected chi connectivity index (χ0v) is 13.8. The number of aromatic hydroxyl groups is 2. The van der Waals surface area contributed by atoms with Gasteiger partial charge in [-0.3, -0.25) is 10.1 Å². The van der Waals surface area contributed by atoms with E-state index in [-0.39, 0.29) is 11.4 Å².